The SMILES string of the molecule is COC(=O)c1c(F)cccc1-c1nc(OC)cc(OC)n1. The monoisotopic (exact) mass is 292 g/mol. The first-order valence-electron chi connectivity index (χ1n) is 5.95. The summed E-state index contributed by atoms with van der Waals surface area (Å²) >= 11 is 0. The fraction of sp³-hybridized carbons (Fsp3) is 0.214. The summed E-state index contributed by atoms with van der Waals surface area (Å²) in [6.45, 7) is 0. The lowest BCUT2D eigenvalue weighted by molar-refractivity contribution is 0.0596. The van der Waals surface area contributed by atoms with Crippen LogP contribution in [-0.2, 0) is 4.74 Å². The molecule has 0 radical (unpaired) electrons. The molecule has 0 spiro atoms. The predicted molar refractivity (Wildman–Crippen MR) is 71.9 cm³/mol. The molecule has 0 fully saturated rings. The molecule has 110 valence electrons. The zero-order valence-electron chi connectivity index (χ0n) is 11.7. The van der Waals surface area contributed by atoms with Crippen LogP contribution in [0, 0.1) is 5.82 Å². The van der Waals surface area contributed by atoms with Gasteiger partial charge in [-0.3, -0.25) is 0 Å². The van der Waals surface area contributed by atoms with Crippen LogP contribution in [0.25, 0.3) is 11.4 Å². The van der Waals surface area contributed by atoms with E-state index < -0.39 is 11.8 Å². The van der Waals surface area contributed by atoms with Crippen LogP contribution in [0.2, 0.25) is 0 Å². The number of rotatable bonds is 4. The first kappa shape index (κ1) is 14.7. The predicted octanol–water partition coefficient (Wildman–Crippen LogP) is 2.09. The Labute approximate surface area is 120 Å². The van der Waals surface area contributed by atoms with Crippen LogP contribution in [0.5, 0.6) is 11.8 Å². The molecule has 0 bridgehead atoms. The van der Waals surface area contributed by atoms with E-state index >= 15 is 0 Å². The van der Waals surface area contributed by atoms with E-state index in [2.05, 4.69) is 14.7 Å². The van der Waals surface area contributed by atoms with Gasteiger partial charge in [-0.25, -0.2) is 9.18 Å². The number of carbonyl (C=O) groups excluding carboxylic acids is 1. The molecule has 2 aromatic rings. The highest BCUT2D eigenvalue weighted by molar-refractivity contribution is 5.96. The van der Waals surface area contributed by atoms with Crippen molar-refractivity contribution < 1.29 is 23.4 Å². The van der Waals surface area contributed by atoms with Crippen molar-refractivity contribution in [1.82, 2.24) is 9.97 Å². The average molecular weight is 292 g/mol. The fourth-order valence-electron chi connectivity index (χ4n) is 1.75. The summed E-state index contributed by atoms with van der Waals surface area (Å²) in [6, 6.07) is 5.60. The standard InChI is InChI=1S/C14H13FN2O4/c1-19-10-7-11(20-2)17-13(16-10)8-5-4-6-9(15)12(8)14(18)21-3/h4-7H,1-3H3. The minimum Gasteiger partial charge on any atom is -0.481 e. The van der Waals surface area contributed by atoms with E-state index in [4.69, 9.17) is 9.47 Å². The molecule has 0 saturated heterocycles. The summed E-state index contributed by atoms with van der Waals surface area (Å²) < 4.78 is 28.6. The molecular formula is C14H13FN2O4. The zero-order valence-corrected chi connectivity index (χ0v) is 11.7. The molecule has 0 amide bonds. The van der Waals surface area contributed by atoms with Gasteiger partial charge in [-0.1, -0.05) is 12.1 Å². The minimum atomic E-state index is -0.812. The van der Waals surface area contributed by atoms with Crippen LogP contribution in [0.3, 0.4) is 0 Å². The highest BCUT2D eigenvalue weighted by Gasteiger charge is 2.21. The first-order valence-corrected chi connectivity index (χ1v) is 5.95. The lowest BCUT2D eigenvalue weighted by Gasteiger charge is -2.10. The third-order valence-corrected chi connectivity index (χ3v) is 2.74. The molecule has 0 aliphatic rings. The topological polar surface area (TPSA) is 70.5 Å². The van der Waals surface area contributed by atoms with E-state index in [1.54, 1.807) is 0 Å². The number of hydrogen-bond donors (Lipinski definition) is 0. The van der Waals surface area contributed by atoms with E-state index in [0.717, 1.165) is 6.07 Å². The van der Waals surface area contributed by atoms with Crippen molar-refractivity contribution in [3.8, 4) is 23.1 Å². The Bertz CT molecular complexity index is 654. The molecule has 7 heteroatoms. The highest BCUT2D eigenvalue weighted by Crippen LogP contribution is 2.27. The quantitative estimate of drug-likeness (QED) is 0.804. The first-order chi connectivity index (χ1) is 10.1. The van der Waals surface area contributed by atoms with Crippen LogP contribution in [0.15, 0.2) is 24.3 Å². The maximum absolute atomic E-state index is 13.9. The van der Waals surface area contributed by atoms with Crippen LogP contribution < -0.4 is 9.47 Å². The van der Waals surface area contributed by atoms with Crippen LogP contribution >= 0.6 is 0 Å². The number of hydrogen-bond acceptors (Lipinski definition) is 6. The summed E-state index contributed by atoms with van der Waals surface area (Å²) in [4.78, 5) is 20.0. The molecule has 1 heterocycles. The summed E-state index contributed by atoms with van der Waals surface area (Å²) in [6.07, 6.45) is 0. The zero-order chi connectivity index (χ0) is 15.4. The summed E-state index contributed by atoms with van der Waals surface area (Å²) in [5, 5.41) is 0. The molecule has 2 rings (SSSR count). The molecular weight excluding hydrogens is 279 g/mol. The molecule has 6 nitrogen and oxygen atoms in total. The summed E-state index contributed by atoms with van der Waals surface area (Å²) in [7, 11) is 4.03. The number of halogens is 1. The van der Waals surface area contributed by atoms with Gasteiger partial charge in [0.1, 0.15) is 11.4 Å². The van der Waals surface area contributed by atoms with Gasteiger partial charge in [0.25, 0.3) is 0 Å². The van der Waals surface area contributed by atoms with E-state index in [0.29, 0.717) is 0 Å². The largest absolute Gasteiger partial charge is 0.481 e. The molecule has 0 N–H and O–H groups in total. The van der Waals surface area contributed by atoms with Crippen molar-refractivity contribution in [1.29, 1.82) is 0 Å². The Morgan fingerprint density at radius 2 is 1.71 bits per heavy atom. The third-order valence-electron chi connectivity index (χ3n) is 2.74. The Kier molecular flexibility index (Phi) is 4.32. The van der Waals surface area contributed by atoms with Crippen molar-refractivity contribution in [3.05, 3.63) is 35.6 Å². The second kappa shape index (κ2) is 6.17. The second-order valence-corrected chi connectivity index (χ2v) is 3.93. The van der Waals surface area contributed by atoms with Gasteiger partial charge < -0.3 is 14.2 Å². The number of benzene rings is 1. The molecule has 21 heavy (non-hydrogen) atoms. The Morgan fingerprint density at radius 3 is 2.24 bits per heavy atom. The lowest BCUT2D eigenvalue weighted by atomic mass is 10.1. The van der Waals surface area contributed by atoms with E-state index in [1.807, 2.05) is 0 Å². The van der Waals surface area contributed by atoms with Crippen molar-refractivity contribution in [2.24, 2.45) is 0 Å². The molecule has 0 aliphatic carbocycles. The fourth-order valence-corrected chi connectivity index (χ4v) is 1.75. The normalized spacial score (nSPS) is 10.1. The van der Waals surface area contributed by atoms with E-state index in [9.17, 15) is 9.18 Å². The summed E-state index contributed by atoms with van der Waals surface area (Å²) in [5.74, 6) is -0.960. The smallest absolute Gasteiger partial charge is 0.341 e. The number of aromatic nitrogens is 2. The van der Waals surface area contributed by atoms with Gasteiger partial charge >= 0.3 is 5.97 Å². The third kappa shape index (κ3) is 2.91. The van der Waals surface area contributed by atoms with E-state index in [-0.39, 0.29) is 28.7 Å². The average Bonchev–Trinajstić information content (AvgIpc) is 2.53. The number of ether oxygens (including phenoxy) is 3. The Hall–Kier alpha value is -2.70. The van der Waals surface area contributed by atoms with Crippen molar-refractivity contribution >= 4 is 5.97 Å². The van der Waals surface area contributed by atoms with Gasteiger partial charge in [-0.15, -0.1) is 0 Å². The molecule has 0 aliphatic heterocycles. The van der Waals surface area contributed by atoms with Crippen LogP contribution in [-0.4, -0.2) is 37.3 Å². The van der Waals surface area contributed by atoms with Gasteiger partial charge in [0.2, 0.25) is 11.8 Å². The Balaban J connectivity index is 2.66. The number of nitrogens with zero attached hydrogens (tertiary/aromatic N) is 2. The molecule has 0 unspecified atom stereocenters. The Morgan fingerprint density at radius 1 is 1.10 bits per heavy atom. The number of esters is 1. The maximum atomic E-state index is 13.9. The van der Waals surface area contributed by atoms with Gasteiger partial charge in [0, 0.05) is 5.56 Å². The van der Waals surface area contributed by atoms with Crippen molar-refractivity contribution in [2.45, 2.75) is 0 Å². The van der Waals surface area contributed by atoms with Crippen LogP contribution in [0.4, 0.5) is 4.39 Å². The maximum Gasteiger partial charge on any atom is 0.341 e. The van der Waals surface area contributed by atoms with Crippen molar-refractivity contribution in [3.63, 3.8) is 0 Å². The van der Waals surface area contributed by atoms with Gasteiger partial charge in [-0.2, -0.15) is 9.97 Å². The van der Waals surface area contributed by atoms with Crippen molar-refractivity contribution in [2.75, 3.05) is 21.3 Å². The van der Waals surface area contributed by atoms with Gasteiger partial charge in [-0.05, 0) is 6.07 Å². The minimum absolute atomic E-state index is 0.103. The van der Waals surface area contributed by atoms with Crippen LogP contribution in [0.1, 0.15) is 10.4 Å². The highest BCUT2D eigenvalue weighted by atomic mass is 19.1. The number of carbonyl (C=O) groups is 1. The molecule has 1 aromatic heterocycles. The second-order valence-electron chi connectivity index (χ2n) is 3.93. The molecule has 0 saturated carbocycles. The molecule has 1 aromatic carbocycles. The lowest BCUT2D eigenvalue weighted by Crippen LogP contribution is -2.08. The summed E-state index contributed by atoms with van der Waals surface area (Å²) in [5.41, 5.74) is -0.0469. The van der Waals surface area contributed by atoms with Gasteiger partial charge in [0.15, 0.2) is 5.82 Å². The van der Waals surface area contributed by atoms with E-state index in [1.165, 1.54) is 39.5 Å². The van der Waals surface area contributed by atoms with Gasteiger partial charge in [0.05, 0.1) is 27.4 Å². The number of methoxy groups -OCH3 is 3. The molecule has 0 atom stereocenters.